The zero-order chi connectivity index (χ0) is 24.6. The molecule has 3 heterocycles. The lowest BCUT2D eigenvalue weighted by Gasteiger charge is -2.39. The summed E-state index contributed by atoms with van der Waals surface area (Å²) in [4.78, 5) is 13.4. The number of nitrogens with zero attached hydrogens (tertiary/aromatic N) is 6. The number of rotatable bonds is 6. The predicted octanol–water partition coefficient (Wildman–Crippen LogP) is 5.89. The van der Waals surface area contributed by atoms with E-state index in [4.69, 9.17) is 9.51 Å². The zero-order valence-corrected chi connectivity index (χ0v) is 19.5. The van der Waals surface area contributed by atoms with Gasteiger partial charge in [-0.25, -0.2) is 18.7 Å². The fraction of sp³-hybridized carbons (Fsp3) is 0.308. The van der Waals surface area contributed by atoms with Crippen molar-refractivity contribution in [2.45, 2.75) is 50.9 Å². The molecule has 35 heavy (non-hydrogen) atoms. The van der Waals surface area contributed by atoms with Crippen molar-refractivity contribution in [3.8, 4) is 22.9 Å². The smallest absolute Gasteiger partial charge is 0.250 e. The van der Waals surface area contributed by atoms with E-state index in [-0.39, 0.29) is 28.9 Å². The monoisotopic (exact) mass is 474 g/mol. The molecule has 3 aromatic heterocycles. The van der Waals surface area contributed by atoms with E-state index >= 15 is 0 Å². The van der Waals surface area contributed by atoms with E-state index in [0.717, 1.165) is 36.2 Å². The third-order valence-electron chi connectivity index (χ3n) is 6.91. The first-order chi connectivity index (χ1) is 17.0. The first kappa shape index (κ1) is 22.9. The van der Waals surface area contributed by atoms with E-state index < -0.39 is 17.0 Å². The second-order valence-electron chi connectivity index (χ2n) is 8.64. The van der Waals surface area contributed by atoms with Gasteiger partial charge < -0.3 is 4.52 Å². The van der Waals surface area contributed by atoms with Crippen LogP contribution in [-0.4, -0.2) is 30.3 Å². The van der Waals surface area contributed by atoms with E-state index in [1.807, 2.05) is 6.07 Å². The van der Waals surface area contributed by atoms with Gasteiger partial charge in [-0.15, -0.1) is 5.10 Å². The third-order valence-corrected chi connectivity index (χ3v) is 6.91. The number of hydrogen-bond acceptors (Lipinski definition) is 7. The number of hydrogen-bond donors (Lipinski definition) is 0. The van der Waals surface area contributed by atoms with Crippen molar-refractivity contribution in [3.63, 3.8) is 0 Å². The minimum Gasteiger partial charge on any atom is -0.334 e. The van der Waals surface area contributed by atoms with E-state index in [1.165, 1.54) is 24.3 Å². The van der Waals surface area contributed by atoms with Crippen molar-refractivity contribution in [3.05, 3.63) is 77.6 Å². The molecule has 0 fully saturated rings. The highest BCUT2D eigenvalue weighted by molar-refractivity contribution is 5.62. The summed E-state index contributed by atoms with van der Waals surface area (Å²) in [5.74, 6) is -0.237. The van der Waals surface area contributed by atoms with Crippen LogP contribution < -0.4 is 0 Å². The second kappa shape index (κ2) is 9.05. The number of halogens is 2. The topological polar surface area (TPSA) is 90.5 Å². The molecule has 1 aliphatic carbocycles. The maximum atomic E-state index is 14.5. The molecule has 0 radical (unpaired) electrons. The largest absolute Gasteiger partial charge is 0.334 e. The molecule has 0 unspecified atom stereocenters. The Morgan fingerprint density at radius 3 is 2.60 bits per heavy atom. The van der Waals surface area contributed by atoms with Crippen LogP contribution in [0.4, 0.5) is 8.78 Å². The van der Waals surface area contributed by atoms with E-state index in [1.54, 1.807) is 12.3 Å². The van der Waals surface area contributed by atoms with Crippen LogP contribution in [0.25, 0.3) is 29.0 Å². The average Bonchev–Trinajstić information content (AvgIpc) is 3.37. The molecule has 0 N–H and O–H groups in total. The second-order valence-corrected chi connectivity index (χ2v) is 8.64. The van der Waals surface area contributed by atoms with Crippen molar-refractivity contribution >= 4 is 6.08 Å². The molecule has 0 bridgehead atoms. The normalized spacial score (nSPS) is 19.4. The summed E-state index contributed by atoms with van der Waals surface area (Å²) in [5.41, 5.74) is 1.99. The predicted molar refractivity (Wildman–Crippen MR) is 126 cm³/mol. The van der Waals surface area contributed by atoms with Gasteiger partial charge in [0, 0.05) is 6.20 Å². The van der Waals surface area contributed by atoms with Gasteiger partial charge in [-0.2, -0.15) is 10.1 Å². The molecule has 0 saturated heterocycles. The Morgan fingerprint density at radius 2 is 1.91 bits per heavy atom. The van der Waals surface area contributed by atoms with Crippen LogP contribution in [0.15, 0.2) is 47.6 Å². The van der Waals surface area contributed by atoms with E-state index in [2.05, 4.69) is 45.7 Å². The van der Waals surface area contributed by atoms with Gasteiger partial charge in [0.25, 0.3) is 0 Å². The highest BCUT2D eigenvalue weighted by atomic mass is 19.1. The lowest BCUT2D eigenvalue weighted by Crippen LogP contribution is -2.36. The van der Waals surface area contributed by atoms with Crippen molar-refractivity contribution in [2.75, 3.05) is 0 Å². The van der Waals surface area contributed by atoms with Gasteiger partial charge in [-0.3, -0.25) is 0 Å². The maximum absolute atomic E-state index is 14.5. The Balaban J connectivity index is 1.65. The fourth-order valence-corrected chi connectivity index (χ4v) is 4.99. The molecule has 178 valence electrons. The van der Waals surface area contributed by atoms with Crippen LogP contribution in [0.5, 0.6) is 0 Å². The first-order valence-corrected chi connectivity index (χ1v) is 11.6. The Hall–Kier alpha value is -3.88. The molecule has 1 aliphatic rings. The molecule has 7 nitrogen and oxygen atoms in total. The number of aromatic nitrogens is 6. The minimum absolute atomic E-state index is 0.162. The van der Waals surface area contributed by atoms with Crippen molar-refractivity contribution in [1.82, 2.24) is 30.3 Å². The van der Waals surface area contributed by atoms with Crippen LogP contribution in [0.2, 0.25) is 0 Å². The molecule has 9 heteroatoms. The van der Waals surface area contributed by atoms with Crippen molar-refractivity contribution < 1.29 is 13.3 Å². The number of benzene rings is 1. The van der Waals surface area contributed by atoms with Crippen molar-refractivity contribution in [2.24, 2.45) is 0 Å². The Labute approximate surface area is 201 Å². The van der Waals surface area contributed by atoms with Gasteiger partial charge in [0.15, 0.2) is 0 Å². The SMILES string of the molecule is C=Cc1nc(-c2nccc([C@@]3(CC)CC[C@H](CC)c4cc(-c5c(F)cccc5F)nnc43)n2)no1. The highest BCUT2D eigenvalue weighted by Crippen LogP contribution is 2.49. The van der Waals surface area contributed by atoms with Crippen LogP contribution in [0, 0.1) is 11.6 Å². The standard InChI is InChI=1S/C26H24F2N6O/c1-4-15-10-12-26(6-3,20-11-13-29-24(30-20)25-31-21(5-2)35-34-25)23-16(15)14-19(32-33-23)22-17(27)8-7-9-18(22)28/h5,7-9,11,13-15H,2,4,6,10,12H2,1,3H3/t15-,26+/m0/s1. The molecule has 2 atom stereocenters. The van der Waals surface area contributed by atoms with Gasteiger partial charge in [0.05, 0.1) is 28.1 Å². The summed E-state index contributed by atoms with van der Waals surface area (Å²) >= 11 is 0. The molecular weight excluding hydrogens is 450 g/mol. The zero-order valence-electron chi connectivity index (χ0n) is 19.5. The van der Waals surface area contributed by atoms with Gasteiger partial charge in [-0.1, -0.05) is 31.6 Å². The Kier molecular flexibility index (Phi) is 5.92. The Bertz CT molecular complexity index is 1380. The molecule has 4 aromatic rings. The van der Waals surface area contributed by atoms with Crippen LogP contribution in [-0.2, 0) is 5.41 Å². The summed E-state index contributed by atoms with van der Waals surface area (Å²) < 4.78 is 34.1. The van der Waals surface area contributed by atoms with Gasteiger partial charge >= 0.3 is 0 Å². The summed E-state index contributed by atoms with van der Waals surface area (Å²) in [6, 6.07) is 7.45. The van der Waals surface area contributed by atoms with E-state index in [0.29, 0.717) is 12.2 Å². The fourth-order valence-electron chi connectivity index (χ4n) is 4.99. The molecule has 0 spiro atoms. The molecule has 0 saturated carbocycles. The van der Waals surface area contributed by atoms with Gasteiger partial charge in [0.1, 0.15) is 11.6 Å². The average molecular weight is 475 g/mol. The molecule has 0 aliphatic heterocycles. The molecule has 0 amide bonds. The van der Waals surface area contributed by atoms with Crippen molar-refractivity contribution in [1.29, 1.82) is 0 Å². The quantitative estimate of drug-likeness (QED) is 0.344. The van der Waals surface area contributed by atoms with Gasteiger partial charge in [0.2, 0.25) is 17.5 Å². The Morgan fingerprint density at radius 1 is 1.11 bits per heavy atom. The number of fused-ring (bicyclic) bond motifs is 1. The summed E-state index contributed by atoms with van der Waals surface area (Å²) in [7, 11) is 0. The van der Waals surface area contributed by atoms with E-state index in [9.17, 15) is 8.78 Å². The van der Waals surface area contributed by atoms with Gasteiger partial charge in [-0.05, 0) is 67.5 Å². The summed E-state index contributed by atoms with van der Waals surface area (Å²) in [6.07, 6.45) is 6.39. The molecule has 5 rings (SSSR count). The molecule has 1 aromatic carbocycles. The summed E-state index contributed by atoms with van der Waals surface area (Å²) in [6.45, 7) is 7.82. The van der Waals surface area contributed by atoms with Crippen LogP contribution in [0.1, 0.15) is 68.3 Å². The summed E-state index contributed by atoms with van der Waals surface area (Å²) in [5, 5.41) is 12.8. The lowest BCUT2D eigenvalue weighted by molar-refractivity contribution is 0.353. The van der Waals surface area contributed by atoms with Crippen LogP contribution in [0.3, 0.4) is 0 Å². The maximum Gasteiger partial charge on any atom is 0.250 e. The van der Waals surface area contributed by atoms with Crippen LogP contribution >= 0.6 is 0 Å². The lowest BCUT2D eigenvalue weighted by atomic mass is 9.65. The minimum atomic E-state index is -0.663. The first-order valence-electron chi connectivity index (χ1n) is 11.6. The highest BCUT2D eigenvalue weighted by Gasteiger charge is 2.43. The third kappa shape index (κ3) is 3.80. The molecular formula is C26H24F2N6O.